The summed E-state index contributed by atoms with van der Waals surface area (Å²) in [4.78, 5) is 36.2. The number of nitrogens with one attached hydrogen (secondary N) is 1. The summed E-state index contributed by atoms with van der Waals surface area (Å²) in [5, 5.41) is 4.22. The van der Waals surface area contributed by atoms with Crippen LogP contribution in [0.15, 0.2) is 29.1 Å². The predicted octanol–water partition coefficient (Wildman–Crippen LogP) is 5.03. The molecule has 0 spiro atoms. The molecule has 0 radical (unpaired) electrons. The number of thiophene rings is 1. The molecule has 170 valence electrons. The van der Waals surface area contributed by atoms with Crippen molar-refractivity contribution in [3.8, 4) is 0 Å². The molecule has 0 bridgehead atoms. The van der Waals surface area contributed by atoms with Gasteiger partial charge < -0.3 is 5.32 Å². The number of halogens is 1. The van der Waals surface area contributed by atoms with Crippen LogP contribution in [0.2, 0.25) is 5.02 Å². The Kier molecular flexibility index (Phi) is 6.98. The Morgan fingerprint density at radius 3 is 2.59 bits per heavy atom. The van der Waals surface area contributed by atoms with Crippen molar-refractivity contribution in [1.82, 2.24) is 14.5 Å². The topological polar surface area (TPSA) is 67.2 Å². The molecular formula is C24H29ClN4O2S. The molecule has 1 unspecified atom stereocenters. The number of aromatic nitrogens is 2. The highest BCUT2D eigenvalue weighted by atomic mass is 35.5. The van der Waals surface area contributed by atoms with Gasteiger partial charge in [-0.1, -0.05) is 25.4 Å². The lowest BCUT2D eigenvalue weighted by molar-refractivity contribution is -0.119. The van der Waals surface area contributed by atoms with E-state index in [1.54, 1.807) is 47.1 Å². The monoisotopic (exact) mass is 472 g/mol. The summed E-state index contributed by atoms with van der Waals surface area (Å²) in [6.07, 6.45) is 4.16. The summed E-state index contributed by atoms with van der Waals surface area (Å²) in [6, 6.07) is 6.27. The SMILES string of the molecule is CCN(CC)Cc1nc2sc3c(c2c(=O)n1C(C)C(=O)Nc1ccc(Cl)cc1)CCCC3. The first-order chi connectivity index (χ1) is 15.4. The third kappa shape index (κ3) is 4.47. The first-order valence-electron chi connectivity index (χ1n) is 11.3. The molecule has 0 saturated heterocycles. The first-order valence-corrected chi connectivity index (χ1v) is 12.5. The number of carbonyl (C=O) groups is 1. The molecule has 6 nitrogen and oxygen atoms in total. The van der Waals surface area contributed by atoms with Gasteiger partial charge in [0.1, 0.15) is 16.7 Å². The zero-order valence-corrected chi connectivity index (χ0v) is 20.4. The molecule has 3 aromatic rings. The van der Waals surface area contributed by atoms with Crippen LogP contribution < -0.4 is 10.9 Å². The van der Waals surface area contributed by atoms with E-state index in [-0.39, 0.29) is 11.5 Å². The Morgan fingerprint density at radius 2 is 1.91 bits per heavy atom. The first kappa shape index (κ1) is 23.0. The fraction of sp³-hybridized carbons (Fsp3) is 0.458. The quantitative estimate of drug-likeness (QED) is 0.523. The molecule has 1 N–H and O–H groups in total. The minimum absolute atomic E-state index is 0.102. The normalized spacial score (nSPS) is 14.5. The van der Waals surface area contributed by atoms with Crippen LogP contribution in [-0.4, -0.2) is 33.4 Å². The Hall–Kier alpha value is -2.22. The molecule has 2 heterocycles. The highest BCUT2D eigenvalue weighted by molar-refractivity contribution is 7.18. The van der Waals surface area contributed by atoms with Gasteiger partial charge in [0.15, 0.2) is 0 Å². The van der Waals surface area contributed by atoms with Crippen molar-refractivity contribution in [2.24, 2.45) is 0 Å². The lowest BCUT2D eigenvalue weighted by atomic mass is 9.97. The molecule has 1 aliphatic carbocycles. The van der Waals surface area contributed by atoms with Gasteiger partial charge in [-0.25, -0.2) is 4.98 Å². The minimum Gasteiger partial charge on any atom is -0.324 e. The maximum Gasteiger partial charge on any atom is 0.263 e. The van der Waals surface area contributed by atoms with Crippen LogP contribution in [-0.2, 0) is 24.2 Å². The number of hydrogen-bond donors (Lipinski definition) is 1. The Bertz CT molecular complexity index is 1180. The van der Waals surface area contributed by atoms with Gasteiger partial charge in [-0.05, 0) is 75.5 Å². The van der Waals surface area contributed by atoms with Crippen molar-refractivity contribution in [3.63, 3.8) is 0 Å². The number of benzene rings is 1. The van der Waals surface area contributed by atoms with Crippen LogP contribution in [0.25, 0.3) is 10.2 Å². The third-order valence-corrected chi connectivity index (χ3v) is 7.67. The average molecular weight is 473 g/mol. The van der Waals surface area contributed by atoms with Crippen molar-refractivity contribution in [1.29, 1.82) is 0 Å². The van der Waals surface area contributed by atoms with Crippen LogP contribution in [0.4, 0.5) is 5.69 Å². The number of rotatable bonds is 7. The van der Waals surface area contributed by atoms with E-state index < -0.39 is 6.04 Å². The number of hydrogen-bond acceptors (Lipinski definition) is 5. The van der Waals surface area contributed by atoms with Gasteiger partial charge in [-0.15, -0.1) is 11.3 Å². The van der Waals surface area contributed by atoms with Gasteiger partial charge in [-0.3, -0.25) is 19.1 Å². The number of nitrogens with zero attached hydrogens (tertiary/aromatic N) is 3. The van der Waals surface area contributed by atoms with E-state index in [4.69, 9.17) is 16.6 Å². The predicted molar refractivity (Wildman–Crippen MR) is 132 cm³/mol. The van der Waals surface area contributed by atoms with Crippen LogP contribution in [0.1, 0.15) is 55.9 Å². The van der Waals surface area contributed by atoms with E-state index in [2.05, 4.69) is 24.1 Å². The summed E-state index contributed by atoms with van der Waals surface area (Å²) >= 11 is 7.60. The summed E-state index contributed by atoms with van der Waals surface area (Å²) < 4.78 is 1.60. The Morgan fingerprint density at radius 1 is 1.22 bits per heavy atom. The third-order valence-electron chi connectivity index (χ3n) is 6.23. The van der Waals surface area contributed by atoms with Crippen molar-refractivity contribution in [2.45, 2.75) is 59.0 Å². The van der Waals surface area contributed by atoms with E-state index in [0.717, 1.165) is 49.2 Å². The summed E-state index contributed by atoms with van der Waals surface area (Å²) in [5.74, 6) is 0.393. The second-order valence-electron chi connectivity index (χ2n) is 8.23. The van der Waals surface area contributed by atoms with Crippen LogP contribution >= 0.6 is 22.9 Å². The van der Waals surface area contributed by atoms with Crippen LogP contribution in [0.3, 0.4) is 0 Å². The van der Waals surface area contributed by atoms with Gasteiger partial charge in [0.2, 0.25) is 5.91 Å². The smallest absolute Gasteiger partial charge is 0.263 e. The number of aryl methyl sites for hydroxylation is 2. The number of carbonyl (C=O) groups excluding carboxylic acids is 1. The Balaban J connectivity index is 1.79. The van der Waals surface area contributed by atoms with Gasteiger partial charge >= 0.3 is 0 Å². The maximum atomic E-state index is 13.8. The minimum atomic E-state index is -0.695. The van der Waals surface area contributed by atoms with E-state index in [0.29, 0.717) is 28.5 Å². The zero-order valence-electron chi connectivity index (χ0n) is 18.8. The zero-order chi connectivity index (χ0) is 22.8. The molecule has 2 aromatic heterocycles. The van der Waals surface area contributed by atoms with Crippen LogP contribution in [0, 0.1) is 0 Å². The maximum absolute atomic E-state index is 13.8. The fourth-order valence-electron chi connectivity index (χ4n) is 4.31. The molecule has 1 aliphatic rings. The summed E-state index contributed by atoms with van der Waals surface area (Å²) in [6.45, 7) is 8.16. The molecule has 0 fully saturated rings. The molecule has 4 rings (SSSR count). The lowest BCUT2D eigenvalue weighted by Gasteiger charge is -2.23. The molecule has 1 amide bonds. The fourth-order valence-corrected chi connectivity index (χ4v) is 5.71. The molecule has 32 heavy (non-hydrogen) atoms. The average Bonchev–Trinajstić information content (AvgIpc) is 3.17. The highest BCUT2D eigenvalue weighted by Gasteiger charge is 2.27. The lowest BCUT2D eigenvalue weighted by Crippen LogP contribution is -2.37. The van der Waals surface area contributed by atoms with Gasteiger partial charge in [0.25, 0.3) is 5.56 Å². The van der Waals surface area contributed by atoms with Crippen molar-refractivity contribution in [3.05, 3.63) is 55.9 Å². The largest absolute Gasteiger partial charge is 0.324 e. The van der Waals surface area contributed by atoms with E-state index in [1.807, 2.05) is 0 Å². The molecule has 1 atom stereocenters. The van der Waals surface area contributed by atoms with Crippen molar-refractivity contribution in [2.75, 3.05) is 18.4 Å². The molecule has 8 heteroatoms. The van der Waals surface area contributed by atoms with Crippen LogP contribution in [0.5, 0.6) is 0 Å². The Labute approximate surface area is 197 Å². The molecule has 1 aromatic carbocycles. The second kappa shape index (κ2) is 9.73. The van der Waals surface area contributed by atoms with Crippen molar-refractivity contribution < 1.29 is 4.79 Å². The summed E-state index contributed by atoms with van der Waals surface area (Å²) in [5.41, 5.74) is 1.68. The number of amides is 1. The second-order valence-corrected chi connectivity index (χ2v) is 9.75. The standard InChI is InChI=1S/C24H29ClN4O2S/c1-4-28(5-2)14-20-27-23-21(18-8-6-7-9-19(18)32-23)24(31)29(20)15(3)22(30)26-17-12-10-16(25)11-13-17/h10-13,15H,4-9,14H2,1-3H3,(H,26,30). The van der Waals surface area contributed by atoms with Gasteiger partial charge in [0.05, 0.1) is 11.9 Å². The van der Waals surface area contributed by atoms with Gasteiger partial charge in [-0.2, -0.15) is 0 Å². The highest BCUT2D eigenvalue weighted by Crippen LogP contribution is 2.34. The summed E-state index contributed by atoms with van der Waals surface area (Å²) in [7, 11) is 0. The molecule has 0 saturated carbocycles. The van der Waals surface area contributed by atoms with Crippen molar-refractivity contribution >= 4 is 44.7 Å². The van der Waals surface area contributed by atoms with E-state index in [9.17, 15) is 9.59 Å². The van der Waals surface area contributed by atoms with Gasteiger partial charge in [0, 0.05) is 15.6 Å². The van der Waals surface area contributed by atoms with E-state index >= 15 is 0 Å². The molecular weight excluding hydrogens is 444 g/mol. The van der Waals surface area contributed by atoms with E-state index in [1.165, 1.54) is 4.88 Å². The molecule has 0 aliphatic heterocycles. The number of fused-ring (bicyclic) bond motifs is 3. The number of anilines is 1.